The molecule has 2 unspecified atom stereocenters. The molecule has 1 amide bonds. The summed E-state index contributed by atoms with van der Waals surface area (Å²) in [6.45, 7) is 1.79. The van der Waals surface area contributed by atoms with Gasteiger partial charge in [0.2, 0.25) is 5.91 Å². The van der Waals surface area contributed by atoms with Crippen molar-refractivity contribution in [3.63, 3.8) is 0 Å². The Bertz CT molecular complexity index is 231. The smallest absolute Gasteiger partial charge is 0.220 e. The summed E-state index contributed by atoms with van der Waals surface area (Å²) in [6.07, 6.45) is 6.28. The lowest BCUT2D eigenvalue weighted by Crippen LogP contribution is -2.37. The van der Waals surface area contributed by atoms with E-state index in [9.17, 15) is 4.79 Å². The van der Waals surface area contributed by atoms with E-state index in [0.717, 1.165) is 32.4 Å². The maximum Gasteiger partial charge on any atom is 0.220 e. The Labute approximate surface area is 105 Å². The molecule has 1 fully saturated rings. The number of nitrogens with zero attached hydrogens (tertiary/aromatic N) is 1. The van der Waals surface area contributed by atoms with Gasteiger partial charge in [-0.3, -0.25) is 4.79 Å². The first kappa shape index (κ1) is 14.5. The number of carbonyl (C=O) groups is 1. The average Bonchev–Trinajstić information content (AvgIpc) is 2.27. The summed E-state index contributed by atoms with van der Waals surface area (Å²) in [5, 5.41) is 2.98. The van der Waals surface area contributed by atoms with E-state index in [1.54, 1.807) is 0 Å². The van der Waals surface area contributed by atoms with Gasteiger partial charge in [-0.2, -0.15) is 0 Å². The van der Waals surface area contributed by atoms with Crippen molar-refractivity contribution < 1.29 is 4.79 Å². The molecule has 1 saturated carbocycles. The molecule has 4 nitrogen and oxygen atoms in total. The molecule has 3 N–H and O–H groups in total. The molecule has 1 aliphatic carbocycles. The van der Waals surface area contributed by atoms with E-state index in [0.29, 0.717) is 12.3 Å². The van der Waals surface area contributed by atoms with E-state index < -0.39 is 0 Å². The maximum absolute atomic E-state index is 11.7. The Morgan fingerprint density at radius 1 is 1.35 bits per heavy atom. The molecule has 1 rings (SSSR count). The van der Waals surface area contributed by atoms with Crippen LogP contribution in [0.5, 0.6) is 0 Å². The summed E-state index contributed by atoms with van der Waals surface area (Å²) < 4.78 is 0. The van der Waals surface area contributed by atoms with Crippen LogP contribution >= 0.6 is 0 Å². The molecule has 0 heterocycles. The van der Waals surface area contributed by atoms with Crippen molar-refractivity contribution in [1.82, 2.24) is 10.2 Å². The number of nitrogens with one attached hydrogen (secondary N) is 1. The molecule has 0 aliphatic heterocycles. The first-order chi connectivity index (χ1) is 8.09. The van der Waals surface area contributed by atoms with Crippen LogP contribution in [0, 0.1) is 5.92 Å². The lowest BCUT2D eigenvalue weighted by molar-refractivity contribution is -0.122. The van der Waals surface area contributed by atoms with Gasteiger partial charge in [-0.25, -0.2) is 0 Å². The van der Waals surface area contributed by atoms with Gasteiger partial charge in [-0.1, -0.05) is 12.8 Å². The Morgan fingerprint density at radius 3 is 2.71 bits per heavy atom. The summed E-state index contributed by atoms with van der Waals surface area (Å²) in [4.78, 5) is 13.8. The number of nitrogens with two attached hydrogens (primary N) is 1. The standard InChI is InChI=1S/C13H27N3O/c1-16(2)9-5-8-15-13(17)10-11-6-3-4-7-12(11)14/h11-12H,3-10,14H2,1-2H3,(H,15,17). The third-order valence-corrected chi connectivity index (χ3v) is 3.52. The largest absolute Gasteiger partial charge is 0.356 e. The van der Waals surface area contributed by atoms with Gasteiger partial charge in [0.05, 0.1) is 0 Å². The van der Waals surface area contributed by atoms with Crippen molar-refractivity contribution >= 4 is 5.91 Å². The van der Waals surface area contributed by atoms with E-state index in [2.05, 4.69) is 10.2 Å². The molecular formula is C13H27N3O. The summed E-state index contributed by atoms with van der Waals surface area (Å²) in [5.74, 6) is 0.573. The molecule has 4 heteroatoms. The fraction of sp³-hybridized carbons (Fsp3) is 0.923. The number of rotatable bonds is 6. The second-order valence-electron chi connectivity index (χ2n) is 5.42. The fourth-order valence-corrected chi connectivity index (χ4v) is 2.42. The van der Waals surface area contributed by atoms with E-state index in [-0.39, 0.29) is 11.9 Å². The van der Waals surface area contributed by atoms with Crippen molar-refractivity contribution in [1.29, 1.82) is 0 Å². The minimum atomic E-state index is 0.172. The Morgan fingerprint density at radius 2 is 2.06 bits per heavy atom. The molecular weight excluding hydrogens is 214 g/mol. The van der Waals surface area contributed by atoms with E-state index in [4.69, 9.17) is 5.73 Å². The highest BCUT2D eigenvalue weighted by molar-refractivity contribution is 5.76. The average molecular weight is 241 g/mol. The van der Waals surface area contributed by atoms with Crippen molar-refractivity contribution in [2.75, 3.05) is 27.2 Å². The van der Waals surface area contributed by atoms with Gasteiger partial charge >= 0.3 is 0 Å². The molecule has 0 spiro atoms. The van der Waals surface area contributed by atoms with Gasteiger partial charge in [0, 0.05) is 19.0 Å². The van der Waals surface area contributed by atoms with Crippen LogP contribution in [0.1, 0.15) is 38.5 Å². The number of carbonyl (C=O) groups excluding carboxylic acids is 1. The molecule has 0 saturated heterocycles. The second kappa shape index (κ2) is 7.67. The molecule has 2 atom stereocenters. The third-order valence-electron chi connectivity index (χ3n) is 3.52. The zero-order valence-corrected chi connectivity index (χ0v) is 11.2. The predicted molar refractivity (Wildman–Crippen MR) is 70.7 cm³/mol. The van der Waals surface area contributed by atoms with Crippen LogP contribution in [0.25, 0.3) is 0 Å². The highest BCUT2D eigenvalue weighted by Gasteiger charge is 2.23. The van der Waals surface area contributed by atoms with Gasteiger partial charge in [0.15, 0.2) is 0 Å². The van der Waals surface area contributed by atoms with Crippen LogP contribution < -0.4 is 11.1 Å². The topological polar surface area (TPSA) is 58.4 Å². The van der Waals surface area contributed by atoms with Gasteiger partial charge in [0.1, 0.15) is 0 Å². The van der Waals surface area contributed by atoms with Gasteiger partial charge in [-0.05, 0) is 45.8 Å². The highest BCUT2D eigenvalue weighted by Crippen LogP contribution is 2.25. The maximum atomic E-state index is 11.7. The molecule has 0 bridgehead atoms. The van der Waals surface area contributed by atoms with E-state index >= 15 is 0 Å². The van der Waals surface area contributed by atoms with Gasteiger partial charge in [0.25, 0.3) is 0 Å². The summed E-state index contributed by atoms with van der Waals surface area (Å²) in [7, 11) is 4.09. The molecule has 1 aliphatic rings. The third kappa shape index (κ3) is 6.03. The van der Waals surface area contributed by atoms with Crippen molar-refractivity contribution in [2.45, 2.75) is 44.6 Å². The summed E-state index contributed by atoms with van der Waals surface area (Å²) in [5.41, 5.74) is 6.04. The van der Waals surface area contributed by atoms with Gasteiger partial charge in [-0.15, -0.1) is 0 Å². The van der Waals surface area contributed by atoms with E-state index in [1.165, 1.54) is 12.8 Å². The number of amides is 1. The zero-order chi connectivity index (χ0) is 12.7. The van der Waals surface area contributed by atoms with Crippen molar-refractivity contribution in [3.8, 4) is 0 Å². The van der Waals surface area contributed by atoms with Crippen LogP contribution in [-0.4, -0.2) is 44.0 Å². The predicted octanol–water partition coefficient (Wildman–Crippen LogP) is 0.962. The van der Waals surface area contributed by atoms with Gasteiger partial charge < -0.3 is 16.0 Å². The van der Waals surface area contributed by atoms with Crippen LogP contribution in [0.3, 0.4) is 0 Å². The first-order valence-corrected chi connectivity index (χ1v) is 6.76. The summed E-state index contributed by atoms with van der Waals surface area (Å²) >= 11 is 0. The number of hydrogen-bond acceptors (Lipinski definition) is 3. The lowest BCUT2D eigenvalue weighted by Gasteiger charge is -2.27. The van der Waals surface area contributed by atoms with Crippen molar-refractivity contribution in [2.24, 2.45) is 11.7 Å². The molecule has 0 radical (unpaired) electrons. The van der Waals surface area contributed by atoms with Crippen LogP contribution in [0.4, 0.5) is 0 Å². The van der Waals surface area contributed by atoms with Crippen LogP contribution in [-0.2, 0) is 4.79 Å². The molecule has 0 aromatic carbocycles. The second-order valence-corrected chi connectivity index (χ2v) is 5.42. The molecule has 0 aromatic rings. The lowest BCUT2D eigenvalue weighted by atomic mass is 9.83. The monoisotopic (exact) mass is 241 g/mol. The molecule has 100 valence electrons. The fourth-order valence-electron chi connectivity index (χ4n) is 2.42. The SMILES string of the molecule is CN(C)CCCNC(=O)CC1CCCCC1N. The summed E-state index contributed by atoms with van der Waals surface area (Å²) in [6, 6.07) is 0.233. The Kier molecular flexibility index (Phi) is 6.52. The Balaban J connectivity index is 2.11. The van der Waals surface area contributed by atoms with Crippen LogP contribution in [0.2, 0.25) is 0 Å². The minimum Gasteiger partial charge on any atom is -0.356 e. The quantitative estimate of drug-likeness (QED) is 0.681. The van der Waals surface area contributed by atoms with Crippen LogP contribution in [0.15, 0.2) is 0 Å². The van der Waals surface area contributed by atoms with Crippen molar-refractivity contribution in [3.05, 3.63) is 0 Å². The first-order valence-electron chi connectivity index (χ1n) is 6.76. The van der Waals surface area contributed by atoms with E-state index in [1.807, 2.05) is 14.1 Å². The molecule has 0 aromatic heterocycles. The Hall–Kier alpha value is -0.610. The minimum absolute atomic E-state index is 0.172. The highest BCUT2D eigenvalue weighted by atomic mass is 16.1. The normalized spacial score (nSPS) is 24.9. The zero-order valence-electron chi connectivity index (χ0n) is 11.2. The molecule has 17 heavy (non-hydrogen) atoms. The number of hydrogen-bond donors (Lipinski definition) is 2.